The van der Waals surface area contributed by atoms with Gasteiger partial charge in [-0.15, -0.1) is 0 Å². The van der Waals surface area contributed by atoms with E-state index in [9.17, 15) is 8.42 Å². The smallest absolute Gasteiger partial charge is 0.155 e. The Labute approximate surface area is 122 Å². The van der Waals surface area contributed by atoms with Gasteiger partial charge in [0.1, 0.15) is 0 Å². The van der Waals surface area contributed by atoms with Crippen LogP contribution in [0.4, 0.5) is 0 Å². The fraction of sp³-hybridized carbons (Fsp3) is 0.625. The summed E-state index contributed by atoms with van der Waals surface area (Å²) in [6.07, 6.45) is 0.706. The van der Waals surface area contributed by atoms with Crippen LogP contribution in [0.5, 0.6) is 0 Å². The number of benzene rings is 1. The fourth-order valence-electron chi connectivity index (χ4n) is 3.34. The highest BCUT2D eigenvalue weighted by Gasteiger charge is 2.39. The predicted octanol–water partition coefficient (Wildman–Crippen LogP) is 2.89. The summed E-state index contributed by atoms with van der Waals surface area (Å²) in [5.74, 6) is 0.734. The van der Waals surface area contributed by atoms with Crippen LogP contribution in [0.2, 0.25) is 0 Å². The quantitative estimate of drug-likeness (QED) is 0.929. The Morgan fingerprint density at radius 3 is 2.40 bits per heavy atom. The Morgan fingerprint density at radius 1 is 1.25 bits per heavy atom. The SMILES string of the molecule is CNC1c2ccccc2C(C)CC1S(=O)(=O)CC(C)C. The fourth-order valence-corrected chi connectivity index (χ4v) is 5.79. The molecule has 0 bridgehead atoms. The summed E-state index contributed by atoms with van der Waals surface area (Å²) in [5, 5.41) is 2.91. The van der Waals surface area contributed by atoms with Gasteiger partial charge in [-0.25, -0.2) is 8.42 Å². The van der Waals surface area contributed by atoms with Crippen molar-refractivity contribution in [3.05, 3.63) is 35.4 Å². The molecule has 1 aliphatic carbocycles. The van der Waals surface area contributed by atoms with Crippen LogP contribution in [0, 0.1) is 5.92 Å². The van der Waals surface area contributed by atoms with Gasteiger partial charge in [0, 0.05) is 6.04 Å². The highest BCUT2D eigenvalue weighted by Crippen LogP contribution is 2.40. The highest BCUT2D eigenvalue weighted by atomic mass is 32.2. The van der Waals surface area contributed by atoms with Crippen molar-refractivity contribution in [3.63, 3.8) is 0 Å². The van der Waals surface area contributed by atoms with Crippen LogP contribution >= 0.6 is 0 Å². The van der Waals surface area contributed by atoms with Gasteiger partial charge in [0.2, 0.25) is 0 Å². The van der Waals surface area contributed by atoms with Gasteiger partial charge < -0.3 is 5.32 Å². The molecule has 0 heterocycles. The second kappa shape index (κ2) is 5.86. The average molecular weight is 295 g/mol. The molecule has 3 atom stereocenters. The van der Waals surface area contributed by atoms with Crippen LogP contribution in [0.15, 0.2) is 24.3 Å². The normalized spacial score (nSPS) is 26.6. The maximum absolute atomic E-state index is 12.7. The van der Waals surface area contributed by atoms with Gasteiger partial charge in [-0.3, -0.25) is 0 Å². The number of sulfone groups is 1. The van der Waals surface area contributed by atoms with E-state index >= 15 is 0 Å². The molecule has 0 saturated heterocycles. The number of fused-ring (bicyclic) bond motifs is 1. The Balaban J connectivity index is 2.42. The summed E-state index contributed by atoms with van der Waals surface area (Å²) in [7, 11) is -1.23. The van der Waals surface area contributed by atoms with Crippen LogP contribution in [-0.4, -0.2) is 26.5 Å². The van der Waals surface area contributed by atoms with E-state index in [1.807, 2.05) is 33.0 Å². The van der Waals surface area contributed by atoms with Gasteiger partial charge >= 0.3 is 0 Å². The lowest BCUT2D eigenvalue weighted by Gasteiger charge is -2.36. The predicted molar refractivity (Wildman–Crippen MR) is 83.7 cm³/mol. The van der Waals surface area contributed by atoms with E-state index in [2.05, 4.69) is 24.4 Å². The maximum atomic E-state index is 12.7. The zero-order valence-electron chi connectivity index (χ0n) is 12.8. The lowest BCUT2D eigenvalue weighted by atomic mass is 9.81. The van der Waals surface area contributed by atoms with E-state index in [0.717, 1.165) is 5.56 Å². The van der Waals surface area contributed by atoms with Crippen molar-refractivity contribution in [2.75, 3.05) is 12.8 Å². The summed E-state index contributed by atoms with van der Waals surface area (Å²) in [6, 6.07) is 8.11. The van der Waals surface area contributed by atoms with E-state index in [-0.39, 0.29) is 23.0 Å². The third kappa shape index (κ3) is 2.91. The van der Waals surface area contributed by atoms with Crippen LogP contribution < -0.4 is 5.32 Å². The number of rotatable bonds is 4. The number of hydrogen-bond acceptors (Lipinski definition) is 3. The minimum absolute atomic E-state index is 0.0915. The summed E-state index contributed by atoms with van der Waals surface area (Å²) < 4.78 is 25.4. The Kier molecular flexibility index (Phi) is 4.55. The van der Waals surface area contributed by atoms with Gasteiger partial charge in [-0.05, 0) is 36.4 Å². The van der Waals surface area contributed by atoms with Gasteiger partial charge in [-0.2, -0.15) is 0 Å². The summed E-state index contributed by atoms with van der Waals surface area (Å²) in [4.78, 5) is 0. The molecule has 0 aromatic heterocycles. The van der Waals surface area contributed by atoms with E-state index < -0.39 is 9.84 Å². The molecule has 1 aromatic rings. The molecule has 3 nitrogen and oxygen atoms in total. The molecule has 112 valence electrons. The van der Waals surface area contributed by atoms with Crippen molar-refractivity contribution in [3.8, 4) is 0 Å². The molecule has 2 rings (SSSR count). The molecule has 1 N–H and O–H groups in total. The zero-order chi connectivity index (χ0) is 14.9. The molecule has 3 unspecified atom stereocenters. The van der Waals surface area contributed by atoms with Gasteiger partial charge in [-0.1, -0.05) is 45.0 Å². The second-order valence-electron chi connectivity index (χ2n) is 6.29. The summed E-state index contributed by atoms with van der Waals surface area (Å²) >= 11 is 0. The molecule has 0 aliphatic heterocycles. The summed E-state index contributed by atoms with van der Waals surface area (Å²) in [5.41, 5.74) is 2.42. The molecule has 1 aliphatic rings. The minimum atomic E-state index is -3.08. The van der Waals surface area contributed by atoms with E-state index in [0.29, 0.717) is 12.3 Å². The Bertz CT molecular complexity index is 566. The van der Waals surface area contributed by atoms with Crippen molar-refractivity contribution in [2.45, 2.75) is 44.4 Å². The standard InChI is InChI=1S/C16H25NO2S/c1-11(2)10-20(18,19)15-9-12(3)13-7-5-6-8-14(13)16(15)17-4/h5-8,11-12,15-17H,9-10H2,1-4H3. The first-order valence-corrected chi connectivity index (χ1v) is 9.06. The minimum Gasteiger partial charge on any atom is -0.312 e. The molecule has 0 amide bonds. The maximum Gasteiger partial charge on any atom is 0.155 e. The second-order valence-corrected chi connectivity index (χ2v) is 8.56. The van der Waals surface area contributed by atoms with E-state index in [1.165, 1.54) is 5.56 Å². The summed E-state index contributed by atoms with van der Waals surface area (Å²) in [6.45, 7) is 6.06. The molecule has 0 saturated carbocycles. The van der Waals surface area contributed by atoms with E-state index in [1.54, 1.807) is 0 Å². The molecule has 0 radical (unpaired) electrons. The zero-order valence-corrected chi connectivity index (χ0v) is 13.6. The number of nitrogens with one attached hydrogen (secondary N) is 1. The van der Waals surface area contributed by atoms with Crippen LogP contribution in [-0.2, 0) is 9.84 Å². The third-order valence-electron chi connectivity index (χ3n) is 4.16. The molecule has 20 heavy (non-hydrogen) atoms. The topological polar surface area (TPSA) is 46.2 Å². The van der Waals surface area contributed by atoms with Crippen molar-refractivity contribution in [1.82, 2.24) is 5.32 Å². The van der Waals surface area contributed by atoms with Crippen molar-refractivity contribution in [1.29, 1.82) is 0 Å². The molecule has 1 aromatic carbocycles. The first-order valence-electron chi connectivity index (χ1n) is 7.34. The Morgan fingerprint density at radius 2 is 1.85 bits per heavy atom. The number of hydrogen-bond donors (Lipinski definition) is 1. The first kappa shape index (κ1) is 15.5. The van der Waals surface area contributed by atoms with Crippen molar-refractivity contribution in [2.24, 2.45) is 5.92 Å². The molecular formula is C16H25NO2S. The molecule has 4 heteroatoms. The molecular weight excluding hydrogens is 270 g/mol. The van der Waals surface area contributed by atoms with Crippen LogP contribution in [0.1, 0.15) is 50.3 Å². The average Bonchev–Trinajstić information content (AvgIpc) is 2.37. The lowest BCUT2D eigenvalue weighted by Crippen LogP contribution is -2.41. The van der Waals surface area contributed by atoms with Gasteiger partial charge in [0.25, 0.3) is 0 Å². The molecule has 0 fully saturated rings. The van der Waals surface area contributed by atoms with E-state index in [4.69, 9.17) is 0 Å². The third-order valence-corrected chi connectivity index (χ3v) is 6.68. The van der Waals surface area contributed by atoms with Crippen LogP contribution in [0.3, 0.4) is 0 Å². The first-order chi connectivity index (χ1) is 9.36. The lowest BCUT2D eigenvalue weighted by molar-refractivity contribution is 0.444. The van der Waals surface area contributed by atoms with Gasteiger partial charge in [0.15, 0.2) is 9.84 Å². The van der Waals surface area contributed by atoms with Crippen molar-refractivity contribution < 1.29 is 8.42 Å². The monoisotopic (exact) mass is 295 g/mol. The largest absolute Gasteiger partial charge is 0.312 e. The highest BCUT2D eigenvalue weighted by molar-refractivity contribution is 7.92. The van der Waals surface area contributed by atoms with Crippen molar-refractivity contribution >= 4 is 9.84 Å². The van der Waals surface area contributed by atoms with Crippen LogP contribution in [0.25, 0.3) is 0 Å². The Hall–Kier alpha value is -0.870. The van der Waals surface area contributed by atoms with Gasteiger partial charge in [0.05, 0.1) is 11.0 Å². The molecule has 0 spiro atoms.